The van der Waals surface area contributed by atoms with Crippen LogP contribution >= 0.6 is 15.9 Å². The van der Waals surface area contributed by atoms with Gasteiger partial charge in [-0.25, -0.2) is 13.8 Å². The van der Waals surface area contributed by atoms with Gasteiger partial charge in [-0.1, -0.05) is 28.1 Å². The van der Waals surface area contributed by atoms with Gasteiger partial charge in [0.1, 0.15) is 23.5 Å². The quantitative estimate of drug-likeness (QED) is 0.713. The van der Waals surface area contributed by atoms with Crippen molar-refractivity contribution in [3.8, 4) is 0 Å². The number of nitrogens with zero attached hydrogens (tertiary/aromatic N) is 2. The van der Waals surface area contributed by atoms with Crippen molar-refractivity contribution in [3.05, 3.63) is 87.9 Å². The molecule has 25 heavy (non-hydrogen) atoms. The van der Waals surface area contributed by atoms with Crippen molar-refractivity contribution >= 4 is 21.8 Å². The zero-order valence-electron chi connectivity index (χ0n) is 13.2. The number of imidazole rings is 1. The molecule has 1 atom stereocenters. The molecule has 0 aliphatic heterocycles. The molecule has 0 aliphatic carbocycles. The number of hydrogen-bond acceptors (Lipinski definition) is 2. The minimum atomic E-state index is -0.642. The molecule has 3 rings (SSSR count). The maximum Gasteiger partial charge on any atom is 0.255 e. The van der Waals surface area contributed by atoms with Gasteiger partial charge >= 0.3 is 0 Å². The van der Waals surface area contributed by atoms with Gasteiger partial charge in [0, 0.05) is 23.9 Å². The van der Waals surface area contributed by atoms with Gasteiger partial charge < -0.3 is 9.88 Å². The molecule has 2 aromatic carbocycles. The van der Waals surface area contributed by atoms with E-state index >= 15 is 0 Å². The molecule has 1 unspecified atom stereocenters. The fourth-order valence-corrected chi connectivity index (χ4v) is 2.82. The van der Waals surface area contributed by atoms with Gasteiger partial charge in [0.25, 0.3) is 5.91 Å². The Hall–Kier alpha value is -2.54. The van der Waals surface area contributed by atoms with Crippen LogP contribution in [0, 0.1) is 11.6 Å². The van der Waals surface area contributed by atoms with E-state index in [1.165, 1.54) is 24.3 Å². The van der Waals surface area contributed by atoms with E-state index < -0.39 is 17.8 Å². The molecule has 1 heterocycles. The fourth-order valence-electron chi connectivity index (χ4n) is 2.49. The third-order valence-corrected chi connectivity index (χ3v) is 4.26. The molecule has 0 radical (unpaired) electrons. The molecule has 128 valence electrons. The van der Waals surface area contributed by atoms with Crippen molar-refractivity contribution in [2.24, 2.45) is 7.05 Å². The minimum Gasteiger partial charge on any atom is -0.338 e. The summed E-state index contributed by atoms with van der Waals surface area (Å²) in [6, 6.07) is 9.30. The zero-order valence-corrected chi connectivity index (χ0v) is 14.8. The Labute approximate surface area is 151 Å². The zero-order chi connectivity index (χ0) is 18.0. The second-order valence-electron chi connectivity index (χ2n) is 5.48. The number of carbonyl (C=O) groups is 1. The lowest BCUT2D eigenvalue weighted by molar-refractivity contribution is 0.0937. The van der Waals surface area contributed by atoms with Crippen molar-refractivity contribution in [1.29, 1.82) is 0 Å². The smallest absolute Gasteiger partial charge is 0.255 e. The highest BCUT2D eigenvalue weighted by molar-refractivity contribution is 9.10. The van der Waals surface area contributed by atoms with Crippen molar-refractivity contribution in [2.75, 3.05) is 0 Å². The molecule has 0 spiro atoms. The van der Waals surface area contributed by atoms with Crippen LogP contribution in [0.2, 0.25) is 0 Å². The van der Waals surface area contributed by atoms with Gasteiger partial charge in [0.15, 0.2) is 0 Å². The van der Waals surface area contributed by atoms with Crippen LogP contribution in [-0.2, 0) is 7.05 Å². The Morgan fingerprint density at radius 1 is 1.20 bits per heavy atom. The molecule has 0 aliphatic rings. The Morgan fingerprint density at radius 2 is 1.92 bits per heavy atom. The number of halogens is 3. The second-order valence-corrected chi connectivity index (χ2v) is 6.39. The van der Waals surface area contributed by atoms with E-state index in [0.717, 1.165) is 0 Å². The molecule has 1 aromatic heterocycles. The summed E-state index contributed by atoms with van der Waals surface area (Å²) in [5.41, 5.74) is 0.561. The van der Waals surface area contributed by atoms with E-state index in [-0.39, 0.29) is 11.4 Å². The normalized spacial score (nSPS) is 12.0. The standard InChI is InChI=1S/C18H14BrF2N3O/c1-24-9-8-22-17(24)16(11-2-5-13(20)6-3-11)23-18(25)14-7-4-12(19)10-15(14)21/h2-10,16H,1H3,(H,23,25). The number of rotatable bonds is 4. The first-order valence-corrected chi connectivity index (χ1v) is 8.23. The molecule has 7 heteroatoms. The highest BCUT2D eigenvalue weighted by atomic mass is 79.9. The molecule has 4 nitrogen and oxygen atoms in total. The van der Waals surface area contributed by atoms with Crippen molar-refractivity contribution in [3.63, 3.8) is 0 Å². The highest BCUT2D eigenvalue weighted by Crippen LogP contribution is 2.22. The lowest BCUT2D eigenvalue weighted by atomic mass is 10.0. The van der Waals surface area contributed by atoms with Crippen molar-refractivity contribution < 1.29 is 13.6 Å². The molecule has 1 N–H and O–H groups in total. The number of benzene rings is 2. The summed E-state index contributed by atoms with van der Waals surface area (Å²) in [5, 5.41) is 2.77. The molecule has 0 saturated heterocycles. The number of hydrogen-bond donors (Lipinski definition) is 1. The number of carbonyl (C=O) groups excluding carboxylic acids is 1. The number of nitrogens with one attached hydrogen (secondary N) is 1. The van der Waals surface area contributed by atoms with Crippen molar-refractivity contribution in [2.45, 2.75) is 6.04 Å². The molecule has 3 aromatic rings. The van der Waals surface area contributed by atoms with Gasteiger partial charge in [-0.05, 0) is 35.9 Å². The van der Waals surface area contributed by atoms with Gasteiger partial charge in [-0.15, -0.1) is 0 Å². The van der Waals surface area contributed by atoms with E-state index in [2.05, 4.69) is 26.2 Å². The maximum absolute atomic E-state index is 14.1. The first kappa shape index (κ1) is 17.3. The van der Waals surface area contributed by atoms with Crippen LogP contribution < -0.4 is 5.32 Å². The molecular weight excluding hydrogens is 392 g/mol. The van der Waals surface area contributed by atoms with Crippen LogP contribution in [0.25, 0.3) is 0 Å². The average molecular weight is 406 g/mol. The number of aryl methyl sites for hydroxylation is 1. The second kappa shape index (κ2) is 7.14. The predicted molar refractivity (Wildman–Crippen MR) is 93.0 cm³/mol. The predicted octanol–water partition coefficient (Wildman–Crippen LogP) is 3.98. The average Bonchev–Trinajstić information content (AvgIpc) is 2.99. The Morgan fingerprint density at radius 3 is 2.52 bits per heavy atom. The van der Waals surface area contributed by atoms with Crippen LogP contribution in [0.3, 0.4) is 0 Å². The van der Waals surface area contributed by atoms with Crippen LogP contribution in [-0.4, -0.2) is 15.5 Å². The minimum absolute atomic E-state index is 0.0791. The van der Waals surface area contributed by atoms with Gasteiger partial charge in [-0.3, -0.25) is 4.79 Å². The molecular formula is C18H14BrF2N3O. The van der Waals surface area contributed by atoms with Crippen LogP contribution in [0.1, 0.15) is 27.8 Å². The van der Waals surface area contributed by atoms with Crippen molar-refractivity contribution in [1.82, 2.24) is 14.9 Å². The van der Waals surface area contributed by atoms with E-state index in [1.54, 1.807) is 42.2 Å². The summed E-state index contributed by atoms with van der Waals surface area (Å²) >= 11 is 3.16. The summed E-state index contributed by atoms with van der Waals surface area (Å²) < 4.78 is 29.6. The van der Waals surface area contributed by atoms with Gasteiger partial charge in [0.05, 0.1) is 5.56 Å². The highest BCUT2D eigenvalue weighted by Gasteiger charge is 2.23. The largest absolute Gasteiger partial charge is 0.338 e. The van der Waals surface area contributed by atoms with Crippen LogP contribution in [0.15, 0.2) is 59.3 Å². The molecule has 0 fully saturated rings. The molecule has 1 amide bonds. The summed E-state index contributed by atoms with van der Waals surface area (Å²) in [6.45, 7) is 0. The number of aromatic nitrogens is 2. The lowest BCUT2D eigenvalue weighted by Gasteiger charge is -2.19. The summed E-state index contributed by atoms with van der Waals surface area (Å²) in [7, 11) is 1.78. The first-order chi connectivity index (χ1) is 12.0. The van der Waals surface area contributed by atoms with E-state index in [1.807, 2.05) is 0 Å². The third kappa shape index (κ3) is 3.76. The van der Waals surface area contributed by atoms with Gasteiger partial charge in [-0.2, -0.15) is 0 Å². The topological polar surface area (TPSA) is 46.9 Å². The Balaban J connectivity index is 1.96. The van der Waals surface area contributed by atoms with Gasteiger partial charge in [0.2, 0.25) is 0 Å². The van der Waals surface area contributed by atoms with Crippen LogP contribution in [0.5, 0.6) is 0 Å². The third-order valence-electron chi connectivity index (χ3n) is 3.77. The Kier molecular flexibility index (Phi) is 4.94. The lowest BCUT2D eigenvalue weighted by Crippen LogP contribution is -2.31. The first-order valence-electron chi connectivity index (χ1n) is 7.44. The molecule has 0 saturated carbocycles. The Bertz CT molecular complexity index is 909. The summed E-state index contributed by atoms with van der Waals surface area (Å²) in [4.78, 5) is 16.8. The van der Waals surface area contributed by atoms with E-state index in [4.69, 9.17) is 0 Å². The summed E-state index contributed by atoms with van der Waals surface area (Å²) in [5.74, 6) is -1.04. The monoisotopic (exact) mass is 405 g/mol. The van der Waals surface area contributed by atoms with Crippen LogP contribution in [0.4, 0.5) is 8.78 Å². The number of amides is 1. The van der Waals surface area contributed by atoms with E-state index in [9.17, 15) is 13.6 Å². The SMILES string of the molecule is Cn1ccnc1C(NC(=O)c1ccc(Br)cc1F)c1ccc(F)cc1. The van der Waals surface area contributed by atoms with E-state index in [0.29, 0.717) is 15.9 Å². The molecule has 0 bridgehead atoms. The maximum atomic E-state index is 14.1. The summed E-state index contributed by atoms with van der Waals surface area (Å²) in [6.07, 6.45) is 3.33. The fraction of sp³-hybridized carbons (Fsp3) is 0.111.